The Balaban J connectivity index is 1.73. The monoisotopic (exact) mass is 421 g/mol. The van der Waals surface area contributed by atoms with Crippen LogP contribution in [0.1, 0.15) is 0 Å². The molecular formula is C32H23N. The summed E-state index contributed by atoms with van der Waals surface area (Å²) in [5.41, 5.74) is 5.94. The molecule has 1 nitrogen and oxygen atoms in total. The van der Waals surface area contributed by atoms with Crippen LogP contribution in [0.4, 0.5) is 17.1 Å². The van der Waals surface area contributed by atoms with E-state index in [1.165, 1.54) is 38.4 Å². The maximum Gasteiger partial charge on any atom is 0.0546 e. The van der Waals surface area contributed by atoms with E-state index in [1.54, 1.807) is 0 Å². The molecular weight excluding hydrogens is 398 g/mol. The molecule has 0 saturated carbocycles. The minimum atomic E-state index is 1.14. The van der Waals surface area contributed by atoms with E-state index in [0.717, 1.165) is 11.4 Å². The Morgan fingerprint density at radius 1 is 0.364 bits per heavy atom. The minimum Gasteiger partial charge on any atom is -0.310 e. The molecule has 0 aliphatic heterocycles. The zero-order valence-corrected chi connectivity index (χ0v) is 18.2. The topological polar surface area (TPSA) is 3.24 Å². The van der Waals surface area contributed by atoms with Crippen LogP contribution in [0.15, 0.2) is 140 Å². The predicted molar refractivity (Wildman–Crippen MR) is 142 cm³/mol. The Morgan fingerprint density at radius 2 is 0.879 bits per heavy atom. The van der Waals surface area contributed by atoms with Crippen molar-refractivity contribution in [1.29, 1.82) is 0 Å². The first-order valence-corrected chi connectivity index (χ1v) is 11.3. The zero-order valence-electron chi connectivity index (χ0n) is 18.2. The van der Waals surface area contributed by atoms with E-state index in [9.17, 15) is 0 Å². The summed E-state index contributed by atoms with van der Waals surface area (Å²) in [6.45, 7) is 0. The standard InChI is InChI=1S/C32H23N/c1-3-15-26(16-4-1)33(27-17-5-2-6-18-27)31-23-22-25-13-8-10-20-29(25)32(31)30-21-11-14-24-12-7-9-19-28(24)30/h1-23H. The third-order valence-electron chi connectivity index (χ3n) is 6.24. The first-order valence-electron chi connectivity index (χ1n) is 11.3. The maximum absolute atomic E-state index is 2.36. The van der Waals surface area contributed by atoms with Crippen molar-refractivity contribution in [3.8, 4) is 11.1 Å². The highest BCUT2D eigenvalue weighted by Gasteiger charge is 2.20. The lowest BCUT2D eigenvalue weighted by Crippen LogP contribution is -2.11. The summed E-state index contributed by atoms with van der Waals surface area (Å²) < 4.78 is 0. The van der Waals surface area contributed by atoms with E-state index in [-0.39, 0.29) is 0 Å². The number of nitrogens with zero attached hydrogens (tertiary/aromatic N) is 1. The van der Waals surface area contributed by atoms with Gasteiger partial charge in [-0.3, -0.25) is 0 Å². The van der Waals surface area contributed by atoms with E-state index in [0.29, 0.717) is 0 Å². The number of para-hydroxylation sites is 2. The van der Waals surface area contributed by atoms with Crippen LogP contribution in [0.3, 0.4) is 0 Å². The van der Waals surface area contributed by atoms with Crippen molar-refractivity contribution < 1.29 is 0 Å². The summed E-state index contributed by atoms with van der Waals surface area (Å²) in [6, 6.07) is 49.7. The molecule has 0 atom stereocenters. The molecule has 0 fully saturated rings. The van der Waals surface area contributed by atoms with Gasteiger partial charge >= 0.3 is 0 Å². The molecule has 0 aliphatic rings. The fourth-order valence-electron chi connectivity index (χ4n) is 4.75. The highest BCUT2D eigenvalue weighted by molar-refractivity contribution is 6.11. The summed E-state index contributed by atoms with van der Waals surface area (Å²) >= 11 is 0. The lowest BCUT2D eigenvalue weighted by Gasteiger charge is -2.29. The molecule has 0 N–H and O–H groups in total. The molecule has 0 amide bonds. The van der Waals surface area contributed by atoms with E-state index in [2.05, 4.69) is 144 Å². The molecule has 0 aromatic heterocycles. The van der Waals surface area contributed by atoms with Crippen LogP contribution in [0, 0.1) is 0 Å². The van der Waals surface area contributed by atoms with Crippen molar-refractivity contribution in [1.82, 2.24) is 0 Å². The van der Waals surface area contributed by atoms with Gasteiger partial charge in [-0.25, -0.2) is 0 Å². The van der Waals surface area contributed by atoms with Crippen LogP contribution >= 0.6 is 0 Å². The minimum absolute atomic E-state index is 1.14. The molecule has 0 unspecified atom stereocenters. The van der Waals surface area contributed by atoms with Crippen LogP contribution in [-0.4, -0.2) is 0 Å². The second-order valence-corrected chi connectivity index (χ2v) is 8.21. The van der Waals surface area contributed by atoms with Crippen molar-refractivity contribution >= 4 is 38.6 Å². The van der Waals surface area contributed by atoms with Crippen molar-refractivity contribution in [2.45, 2.75) is 0 Å². The van der Waals surface area contributed by atoms with Crippen LogP contribution < -0.4 is 4.90 Å². The van der Waals surface area contributed by atoms with E-state index in [1.807, 2.05) is 0 Å². The van der Waals surface area contributed by atoms with Gasteiger partial charge in [-0.2, -0.15) is 0 Å². The molecule has 0 saturated heterocycles. The van der Waals surface area contributed by atoms with Gasteiger partial charge in [0.2, 0.25) is 0 Å². The molecule has 1 heteroatoms. The Morgan fingerprint density at radius 3 is 1.55 bits per heavy atom. The van der Waals surface area contributed by atoms with Crippen LogP contribution in [0.5, 0.6) is 0 Å². The predicted octanol–water partition coefficient (Wildman–Crippen LogP) is 9.13. The lowest BCUT2D eigenvalue weighted by atomic mass is 9.91. The third kappa shape index (κ3) is 3.44. The van der Waals surface area contributed by atoms with Gasteiger partial charge in [0.15, 0.2) is 0 Å². The summed E-state index contributed by atoms with van der Waals surface area (Å²) in [6.07, 6.45) is 0. The van der Waals surface area contributed by atoms with Gasteiger partial charge in [0.25, 0.3) is 0 Å². The normalized spacial score (nSPS) is 11.0. The Hall–Kier alpha value is -4.36. The average Bonchev–Trinajstić information content (AvgIpc) is 2.90. The number of anilines is 3. The van der Waals surface area contributed by atoms with Gasteiger partial charge in [0, 0.05) is 16.9 Å². The second-order valence-electron chi connectivity index (χ2n) is 8.21. The number of rotatable bonds is 4. The summed E-state index contributed by atoms with van der Waals surface area (Å²) in [4.78, 5) is 2.36. The Bertz CT molecular complexity index is 1510. The lowest BCUT2D eigenvalue weighted by molar-refractivity contribution is 1.29. The molecule has 0 aliphatic carbocycles. The van der Waals surface area contributed by atoms with Crippen molar-refractivity contribution in [3.63, 3.8) is 0 Å². The number of hydrogen-bond donors (Lipinski definition) is 0. The Kier molecular flexibility index (Phi) is 4.86. The van der Waals surface area contributed by atoms with E-state index in [4.69, 9.17) is 0 Å². The molecule has 6 aromatic carbocycles. The SMILES string of the molecule is c1ccc(N(c2ccccc2)c2ccc3ccccc3c2-c2cccc3ccccc23)cc1. The van der Waals surface area contributed by atoms with Crippen LogP contribution in [0.25, 0.3) is 32.7 Å². The van der Waals surface area contributed by atoms with Crippen LogP contribution in [0.2, 0.25) is 0 Å². The second kappa shape index (κ2) is 8.29. The average molecular weight is 422 g/mol. The molecule has 156 valence electrons. The van der Waals surface area contributed by atoms with Crippen molar-refractivity contribution in [2.24, 2.45) is 0 Å². The van der Waals surface area contributed by atoms with Gasteiger partial charge in [0.05, 0.1) is 5.69 Å². The quantitative estimate of drug-likeness (QED) is 0.274. The highest BCUT2D eigenvalue weighted by atomic mass is 15.1. The number of benzene rings is 6. The molecule has 6 aromatic rings. The molecule has 33 heavy (non-hydrogen) atoms. The fourth-order valence-corrected chi connectivity index (χ4v) is 4.75. The zero-order chi connectivity index (χ0) is 22.0. The smallest absolute Gasteiger partial charge is 0.0546 e. The number of hydrogen-bond acceptors (Lipinski definition) is 1. The van der Waals surface area contributed by atoms with Crippen LogP contribution in [-0.2, 0) is 0 Å². The summed E-state index contributed by atoms with van der Waals surface area (Å²) in [5.74, 6) is 0. The molecule has 0 spiro atoms. The first-order chi connectivity index (χ1) is 16.4. The van der Waals surface area contributed by atoms with Gasteiger partial charge in [-0.1, -0.05) is 109 Å². The molecule has 6 rings (SSSR count). The van der Waals surface area contributed by atoms with Gasteiger partial charge in [-0.05, 0) is 57.4 Å². The summed E-state index contributed by atoms with van der Waals surface area (Å²) in [5, 5.41) is 5.01. The summed E-state index contributed by atoms with van der Waals surface area (Å²) in [7, 11) is 0. The van der Waals surface area contributed by atoms with Gasteiger partial charge in [-0.15, -0.1) is 0 Å². The first kappa shape index (κ1) is 19.3. The fraction of sp³-hybridized carbons (Fsp3) is 0. The van der Waals surface area contributed by atoms with E-state index < -0.39 is 0 Å². The molecule has 0 bridgehead atoms. The van der Waals surface area contributed by atoms with Crippen molar-refractivity contribution in [2.75, 3.05) is 4.90 Å². The highest BCUT2D eigenvalue weighted by Crippen LogP contribution is 2.45. The van der Waals surface area contributed by atoms with Gasteiger partial charge in [0.1, 0.15) is 0 Å². The van der Waals surface area contributed by atoms with Crippen molar-refractivity contribution in [3.05, 3.63) is 140 Å². The molecule has 0 radical (unpaired) electrons. The van der Waals surface area contributed by atoms with E-state index >= 15 is 0 Å². The largest absolute Gasteiger partial charge is 0.310 e. The number of fused-ring (bicyclic) bond motifs is 2. The van der Waals surface area contributed by atoms with Gasteiger partial charge < -0.3 is 4.90 Å². The maximum atomic E-state index is 2.36. The third-order valence-corrected chi connectivity index (χ3v) is 6.24. The molecule has 0 heterocycles. The Labute approximate surface area is 194 Å².